The van der Waals surface area contributed by atoms with Crippen molar-refractivity contribution >= 4 is 0 Å². The maximum atomic E-state index is 9.72. The highest BCUT2D eigenvalue weighted by molar-refractivity contribution is 4.94. The van der Waals surface area contributed by atoms with Gasteiger partial charge in [0.1, 0.15) is 5.76 Å². The van der Waals surface area contributed by atoms with Crippen molar-refractivity contribution in [3.8, 4) is 0 Å². The Kier molecular flexibility index (Phi) is 6.32. The molecule has 0 fully saturated rings. The largest absolute Gasteiger partial charge is 0.444 e. The van der Waals surface area contributed by atoms with E-state index in [0.717, 1.165) is 5.76 Å². The van der Waals surface area contributed by atoms with Crippen molar-refractivity contribution < 1.29 is 14.3 Å². The van der Waals surface area contributed by atoms with E-state index in [1.807, 2.05) is 13.8 Å². The number of aromatic nitrogens is 1. The van der Waals surface area contributed by atoms with Gasteiger partial charge in [-0.2, -0.15) is 0 Å². The van der Waals surface area contributed by atoms with E-state index >= 15 is 0 Å². The Morgan fingerprint density at radius 1 is 1.39 bits per heavy atom. The molecule has 1 aromatic rings. The fourth-order valence-corrected chi connectivity index (χ4v) is 1.47. The first-order chi connectivity index (χ1) is 8.49. The SMILES string of the molecule is Cc1cnc(C(C)NCC(O)COCC(C)C)o1. The van der Waals surface area contributed by atoms with Gasteiger partial charge in [0.15, 0.2) is 0 Å². The van der Waals surface area contributed by atoms with Crippen LogP contribution < -0.4 is 5.32 Å². The standard InChI is InChI=1S/C13H24N2O3/c1-9(2)7-17-8-12(16)6-14-11(4)13-15-5-10(3)18-13/h5,9,11-12,14,16H,6-8H2,1-4H3. The van der Waals surface area contributed by atoms with Crippen molar-refractivity contribution in [1.29, 1.82) is 0 Å². The second-order valence-electron chi connectivity index (χ2n) is 5.02. The van der Waals surface area contributed by atoms with Gasteiger partial charge in [0.25, 0.3) is 0 Å². The van der Waals surface area contributed by atoms with Crippen LogP contribution in [0.25, 0.3) is 0 Å². The first-order valence-electron chi connectivity index (χ1n) is 6.40. The van der Waals surface area contributed by atoms with E-state index in [4.69, 9.17) is 9.15 Å². The summed E-state index contributed by atoms with van der Waals surface area (Å²) in [5.74, 6) is 1.92. The molecule has 0 amide bonds. The number of ether oxygens (including phenoxy) is 1. The van der Waals surface area contributed by atoms with Gasteiger partial charge in [-0.1, -0.05) is 13.8 Å². The molecular formula is C13H24N2O3. The van der Waals surface area contributed by atoms with E-state index in [-0.39, 0.29) is 6.04 Å². The quantitative estimate of drug-likeness (QED) is 0.740. The average Bonchev–Trinajstić information content (AvgIpc) is 2.72. The summed E-state index contributed by atoms with van der Waals surface area (Å²) in [4.78, 5) is 4.14. The van der Waals surface area contributed by atoms with Crippen molar-refractivity contribution in [3.63, 3.8) is 0 Å². The minimum Gasteiger partial charge on any atom is -0.444 e. The summed E-state index contributed by atoms with van der Waals surface area (Å²) in [5, 5.41) is 12.9. The molecule has 5 nitrogen and oxygen atoms in total. The zero-order valence-electron chi connectivity index (χ0n) is 11.6. The molecule has 1 aromatic heterocycles. The van der Waals surface area contributed by atoms with Crippen molar-refractivity contribution in [1.82, 2.24) is 10.3 Å². The molecule has 0 spiro atoms. The molecule has 0 aliphatic heterocycles. The molecule has 5 heteroatoms. The molecule has 2 N–H and O–H groups in total. The van der Waals surface area contributed by atoms with Gasteiger partial charge in [0.05, 0.1) is 24.9 Å². The van der Waals surface area contributed by atoms with Crippen LogP contribution in [0, 0.1) is 12.8 Å². The Morgan fingerprint density at radius 3 is 2.67 bits per heavy atom. The highest BCUT2D eigenvalue weighted by atomic mass is 16.5. The Bertz CT molecular complexity index is 339. The Morgan fingerprint density at radius 2 is 2.11 bits per heavy atom. The van der Waals surface area contributed by atoms with E-state index in [1.54, 1.807) is 6.20 Å². The second-order valence-corrected chi connectivity index (χ2v) is 5.02. The summed E-state index contributed by atoms with van der Waals surface area (Å²) in [6.07, 6.45) is 1.18. The number of hydrogen-bond acceptors (Lipinski definition) is 5. The normalized spacial score (nSPS) is 15.0. The summed E-state index contributed by atoms with van der Waals surface area (Å²) in [7, 11) is 0. The van der Waals surface area contributed by atoms with Gasteiger partial charge in [0, 0.05) is 13.2 Å². The first-order valence-corrected chi connectivity index (χ1v) is 6.40. The van der Waals surface area contributed by atoms with Gasteiger partial charge in [0.2, 0.25) is 5.89 Å². The van der Waals surface area contributed by atoms with Crippen LogP contribution in [0.1, 0.15) is 38.5 Å². The summed E-state index contributed by atoms with van der Waals surface area (Å²) in [6, 6.07) is -0.0153. The molecule has 0 saturated heterocycles. The topological polar surface area (TPSA) is 67.5 Å². The molecule has 0 bridgehead atoms. The van der Waals surface area contributed by atoms with Crippen LogP contribution in [0.2, 0.25) is 0 Å². The number of aliphatic hydroxyl groups is 1. The highest BCUT2D eigenvalue weighted by Gasteiger charge is 2.13. The summed E-state index contributed by atoms with van der Waals surface area (Å²) in [6.45, 7) is 9.45. The van der Waals surface area contributed by atoms with E-state index in [9.17, 15) is 5.11 Å². The van der Waals surface area contributed by atoms with E-state index in [1.165, 1.54) is 0 Å². The molecule has 0 aliphatic rings. The fraction of sp³-hybridized carbons (Fsp3) is 0.769. The molecule has 0 radical (unpaired) electrons. The monoisotopic (exact) mass is 256 g/mol. The van der Waals surface area contributed by atoms with Crippen LogP contribution in [0.15, 0.2) is 10.6 Å². The third-order valence-corrected chi connectivity index (χ3v) is 2.43. The van der Waals surface area contributed by atoms with Crippen LogP contribution in [0.4, 0.5) is 0 Å². The van der Waals surface area contributed by atoms with Crippen LogP contribution >= 0.6 is 0 Å². The lowest BCUT2D eigenvalue weighted by Gasteiger charge is -2.15. The van der Waals surface area contributed by atoms with Gasteiger partial charge >= 0.3 is 0 Å². The maximum Gasteiger partial charge on any atom is 0.211 e. The van der Waals surface area contributed by atoms with Gasteiger partial charge in [-0.05, 0) is 19.8 Å². The molecule has 18 heavy (non-hydrogen) atoms. The maximum absolute atomic E-state index is 9.72. The lowest BCUT2D eigenvalue weighted by molar-refractivity contribution is 0.0248. The lowest BCUT2D eigenvalue weighted by atomic mass is 10.2. The van der Waals surface area contributed by atoms with Gasteiger partial charge < -0.3 is 19.6 Å². The van der Waals surface area contributed by atoms with Crippen LogP contribution in [-0.4, -0.2) is 36.0 Å². The van der Waals surface area contributed by atoms with Crippen molar-refractivity contribution in [2.24, 2.45) is 5.92 Å². The van der Waals surface area contributed by atoms with Gasteiger partial charge in [-0.3, -0.25) is 0 Å². The number of aliphatic hydroxyl groups excluding tert-OH is 1. The fourth-order valence-electron chi connectivity index (χ4n) is 1.47. The molecule has 0 aromatic carbocycles. The number of aryl methyl sites for hydroxylation is 1. The number of nitrogens with zero attached hydrogens (tertiary/aromatic N) is 1. The third-order valence-electron chi connectivity index (χ3n) is 2.43. The van der Waals surface area contributed by atoms with E-state index in [0.29, 0.717) is 31.6 Å². The molecule has 1 rings (SSSR count). The van der Waals surface area contributed by atoms with E-state index in [2.05, 4.69) is 24.1 Å². The Balaban J connectivity index is 2.19. The minimum atomic E-state index is -0.512. The minimum absolute atomic E-state index is 0.0153. The second kappa shape index (κ2) is 7.51. The Labute approximate surface area is 109 Å². The average molecular weight is 256 g/mol. The zero-order chi connectivity index (χ0) is 13.5. The zero-order valence-corrected chi connectivity index (χ0v) is 11.6. The molecular weight excluding hydrogens is 232 g/mol. The highest BCUT2D eigenvalue weighted by Crippen LogP contribution is 2.11. The Hall–Kier alpha value is -0.910. The summed E-state index contributed by atoms with van der Waals surface area (Å²) in [5.41, 5.74) is 0. The molecule has 1 heterocycles. The molecule has 0 saturated carbocycles. The van der Waals surface area contributed by atoms with Crippen LogP contribution in [-0.2, 0) is 4.74 Å². The molecule has 0 aliphatic carbocycles. The van der Waals surface area contributed by atoms with Crippen molar-refractivity contribution in [2.45, 2.75) is 39.8 Å². The lowest BCUT2D eigenvalue weighted by Crippen LogP contribution is -2.32. The third kappa shape index (κ3) is 5.62. The predicted molar refractivity (Wildman–Crippen MR) is 69.3 cm³/mol. The van der Waals surface area contributed by atoms with Crippen molar-refractivity contribution in [3.05, 3.63) is 17.8 Å². The summed E-state index contributed by atoms with van der Waals surface area (Å²) < 4.78 is 10.8. The number of rotatable bonds is 8. The number of oxazole rings is 1. The number of hydrogen-bond donors (Lipinski definition) is 2. The van der Waals surface area contributed by atoms with Crippen LogP contribution in [0.5, 0.6) is 0 Å². The van der Waals surface area contributed by atoms with Crippen molar-refractivity contribution in [2.75, 3.05) is 19.8 Å². The number of nitrogens with one attached hydrogen (secondary N) is 1. The van der Waals surface area contributed by atoms with Crippen LogP contribution in [0.3, 0.4) is 0 Å². The smallest absolute Gasteiger partial charge is 0.211 e. The first kappa shape index (κ1) is 15.1. The van der Waals surface area contributed by atoms with Gasteiger partial charge in [-0.15, -0.1) is 0 Å². The summed E-state index contributed by atoms with van der Waals surface area (Å²) >= 11 is 0. The predicted octanol–water partition coefficient (Wildman–Crippen LogP) is 1.67. The van der Waals surface area contributed by atoms with Gasteiger partial charge in [-0.25, -0.2) is 4.98 Å². The molecule has 2 atom stereocenters. The molecule has 2 unspecified atom stereocenters. The van der Waals surface area contributed by atoms with E-state index < -0.39 is 6.10 Å². The molecule has 104 valence electrons.